The molecule has 0 aliphatic rings. The van der Waals surface area contributed by atoms with E-state index in [2.05, 4.69) is 27.5 Å². The van der Waals surface area contributed by atoms with Crippen LogP contribution in [0.3, 0.4) is 0 Å². The molecule has 0 aromatic carbocycles. The zero-order chi connectivity index (χ0) is 10.1. The van der Waals surface area contributed by atoms with Crippen LogP contribution in [0, 0.1) is 6.92 Å². The van der Waals surface area contributed by atoms with Crippen molar-refractivity contribution in [2.24, 2.45) is 0 Å². The summed E-state index contributed by atoms with van der Waals surface area (Å²) in [6, 6.07) is 1.70. The Morgan fingerprint density at radius 3 is 2.69 bits per heavy atom. The number of hydrogen-bond donors (Lipinski definition) is 0. The van der Waals surface area contributed by atoms with E-state index in [-0.39, 0.29) is 5.03 Å². The summed E-state index contributed by atoms with van der Waals surface area (Å²) in [7, 11) is -3.44. The number of hydrogen-bond acceptors (Lipinski definition) is 3. The molecule has 1 aromatic rings. The average molecular weight is 262 g/mol. The van der Waals surface area contributed by atoms with Crippen molar-refractivity contribution in [3.63, 3.8) is 0 Å². The number of halogens is 1. The largest absolute Gasteiger partial charge is 0.243 e. The van der Waals surface area contributed by atoms with E-state index in [0.717, 1.165) is 11.0 Å². The molecule has 0 saturated heterocycles. The molecule has 70 valence electrons. The number of nitrogens with zero attached hydrogens (tertiary/aromatic N) is 1. The summed E-state index contributed by atoms with van der Waals surface area (Å²) in [6.07, 6.45) is 1.50. The average Bonchev–Trinajstić information content (AvgIpc) is 2.03. The molecule has 0 atom stereocenters. The molecule has 0 amide bonds. The summed E-state index contributed by atoms with van der Waals surface area (Å²) in [6.45, 7) is 5.06. The van der Waals surface area contributed by atoms with Gasteiger partial charge in [0.1, 0.15) is 0 Å². The van der Waals surface area contributed by atoms with Crippen LogP contribution in [0.1, 0.15) is 5.56 Å². The van der Waals surface area contributed by atoms with Crippen LogP contribution in [0.15, 0.2) is 33.7 Å². The Balaban J connectivity index is 3.41. The monoisotopic (exact) mass is 261 g/mol. The van der Waals surface area contributed by atoms with Crippen LogP contribution in [-0.2, 0) is 9.84 Å². The van der Waals surface area contributed by atoms with Gasteiger partial charge in [0, 0.05) is 11.6 Å². The molecule has 3 nitrogen and oxygen atoms in total. The van der Waals surface area contributed by atoms with E-state index < -0.39 is 9.84 Å². The third-order valence-corrected chi connectivity index (χ3v) is 3.60. The quantitative estimate of drug-likeness (QED) is 0.819. The summed E-state index contributed by atoms with van der Waals surface area (Å²) in [5.74, 6) is 0. The van der Waals surface area contributed by atoms with Gasteiger partial charge >= 0.3 is 0 Å². The highest BCUT2D eigenvalue weighted by atomic mass is 79.9. The Kier molecular flexibility index (Phi) is 2.87. The molecule has 0 aliphatic heterocycles. The van der Waals surface area contributed by atoms with Gasteiger partial charge in [0.2, 0.25) is 9.84 Å². The van der Waals surface area contributed by atoms with Crippen molar-refractivity contribution in [3.05, 3.63) is 34.3 Å². The van der Waals surface area contributed by atoms with Crippen LogP contribution in [0.2, 0.25) is 0 Å². The minimum Gasteiger partial charge on any atom is -0.243 e. The molecule has 0 bridgehead atoms. The lowest BCUT2D eigenvalue weighted by atomic mass is 10.3. The maximum Gasteiger partial charge on any atom is 0.217 e. The molecule has 0 radical (unpaired) electrons. The predicted molar refractivity (Wildman–Crippen MR) is 54.1 cm³/mol. The minimum absolute atomic E-state index is 0.00750. The van der Waals surface area contributed by atoms with Crippen molar-refractivity contribution in [3.8, 4) is 0 Å². The van der Waals surface area contributed by atoms with E-state index in [1.165, 1.54) is 6.20 Å². The fraction of sp³-hybridized carbons (Fsp3) is 0.125. The molecule has 13 heavy (non-hydrogen) atoms. The van der Waals surface area contributed by atoms with Crippen LogP contribution in [0.25, 0.3) is 0 Å². The molecule has 0 unspecified atom stereocenters. The smallest absolute Gasteiger partial charge is 0.217 e. The number of pyridine rings is 1. The van der Waals surface area contributed by atoms with E-state index in [4.69, 9.17) is 0 Å². The number of aryl methyl sites for hydroxylation is 1. The Hall–Kier alpha value is -0.680. The van der Waals surface area contributed by atoms with Gasteiger partial charge < -0.3 is 0 Å². The molecular formula is C8H8BrNO2S. The Labute approximate surface area is 85.5 Å². The van der Waals surface area contributed by atoms with Crippen molar-refractivity contribution in [1.29, 1.82) is 0 Å². The van der Waals surface area contributed by atoms with E-state index in [0.29, 0.717) is 4.47 Å². The summed E-state index contributed by atoms with van der Waals surface area (Å²) < 4.78 is 23.1. The van der Waals surface area contributed by atoms with Gasteiger partial charge in [-0.15, -0.1) is 0 Å². The van der Waals surface area contributed by atoms with E-state index in [1.807, 2.05) is 6.92 Å². The van der Waals surface area contributed by atoms with Gasteiger partial charge in [-0.05, 0) is 34.5 Å². The maximum atomic E-state index is 11.3. The van der Waals surface area contributed by atoms with Gasteiger partial charge in [0.15, 0.2) is 5.03 Å². The Morgan fingerprint density at radius 2 is 2.23 bits per heavy atom. The number of rotatable bonds is 2. The van der Waals surface area contributed by atoms with Gasteiger partial charge in [0.25, 0.3) is 0 Å². The Morgan fingerprint density at radius 1 is 1.62 bits per heavy atom. The fourth-order valence-electron chi connectivity index (χ4n) is 0.809. The maximum absolute atomic E-state index is 11.3. The first-order valence-electron chi connectivity index (χ1n) is 3.47. The normalized spacial score (nSPS) is 11.2. The van der Waals surface area contributed by atoms with Crippen molar-refractivity contribution >= 4 is 25.8 Å². The van der Waals surface area contributed by atoms with Gasteiger partial charge in [-0.3, -0.25) is 0 Å². The molecule has 5 heteroatoms. The molecule has 0 aliphatic carbocycles. The van der Waals surface area contributed by atoms with Gasteiger partial charge in [-0.25, -0.2) is 13.4 Å². The minimum atomic E-state index is -3.44. The standard InChI is InChI=1S/C8H8BrNO2S/c1-3-13(11,12)8-7(9)4-6(2)5-10-8/h3-5H,1H2,2H3. The molecule has 0 saturated carbocycles. The summed E-state index contributed by atoms with van der Waals surface area (Å²) in [5.41, 5.74) is 0.898. The van der Waals surface area contributed by atoms with Crippen molar-refractivity contribution in [1.82, 2.24) is 4.98 Å². The zero-order valence-electron chi connectivity index (χ0n) is 6.99. The van der Waals surface area contributed by atoms with Gasteiger partial charge in [-0.1, -0.05) is 6.58 Å². The first kappa shape index (κ1) is 10.4. The summed E-state index contributed by atoms with van der Waals surface area (Å²) >= 11 is 3.13. The molecule has 0 fully saturated rings. The van der Waals surface area contributed by atoms with E-state index in [9.17, 15) is 8.42 Å². The molecule has 1 aromatic heterocycles. The highest BCUT2D eigenvalue weighted by Crippen LogP contribution is 2.21. The van der Waals surface area contributed by atoms with Crippen LogP contribution < -0.4 is 0 Å². The van der Waals surface area contributed by atoms with Crippen molar-refractivity contribution < 1.29 is 8.42 Å². The third kappa shape index (κ3) is 2.16. The molecule has 1 heterocycles. The highest BCUT2D eigenvalue weighted by molar-refractivity contribution is 9.10. The lowest BCUT2D eigenvalue weighted by Gasteiger charge is -2.01. The lowest BCUT2D eigenvalue weighted by Crippen LogP contribution is -2.00. The third-order valence-electron chi connectivity index (χ3n) is 1.43. The summed E-state index contributed by atoms with van der Waals surface area (Å²) in [5, 5.41) is 0.892. The van der Waals surface area contributed by atoms with Gasteiger partial charge in [-0.2, -0.15) is 0 Å². The van der Waals surface area contributed by atoms with Crippen molar-refractivity contribution in [2.75, 3.05) is 0 Å². The first-order chi connectivity index (χ1) is 5.97. The van der Waals surface area contributed by atoms with Crippen LogP contribution in [-0.4, -0.2) is 13.4 Å². The predicted octanol–water partition coefficient (Wildman–Crippen LogP) is 2.07. The second kappa shape index (κ2) is 3.59. The molecule has 0 N–H and O–H groups in total. The first-order valence-corrected chi connectivity index (χ1v) is 5.81. The zero-order valence-corrected chi connectivity index (χ0v) is 9.39. The molecule has 1 rings (SSSR count). The second-order valence-corrected chi connectivity index (χ2v) is 5.18. The van der Waals surface area contributed by atoms with Crippen LogP contribution in [0.4, 0.5) is 0 Å². The fourth-order valence-corrected chi connectivity index (χ4v) is 2.64. The second-order valence-electron chi connectivity index (χ2n) is 2.51. The van der Waals surface area contributed by atoms with Crippen LogP contribution >= 0.6 is 15.9 Å². The van der Waals surface area contributed by atoms with Gasteiger partial charge in [0.05, 0.1) is 4.47 Å². The molecular weight excluding hydrogens is 254 g/mol. The topological polar surface area (TPSA) is 47.0 Å². The van der Waals surface area contributed by atoms with Crippen molar-refractivity contribution in [2.45, 2.75) is 11.9 Å². The Bertz CT molecular complexity index is 439. The van der Waals surface area contributed by atoms with E-state index >= 15 is 0 Å². The SMILES string of the molecule is C=CS(=O)(=O)c1ncc(C)cc1Br. The molecule has 0 spiro atoms. The number of sulfone groups is 1. The van der Waals surface area contributed by atoms with E-state index in [1.54, 1.807) is 6.07 Å². The van der Waals surface area contributed by atoms with Crippen LogP contribution in [0.5, 0.6) is 0 Å². The number of aromatic nitrogens is 1. The lowest BCUT2D eigenvalue weighted by molar-refractivity contribution is 0.600. The summed E-state index contributed by atoms with van der Waals surface area (Å²) in [4.78, 5) is 3.81. The highest BCUT2D eigenvalue weighted by Gasteiger charge is 2.14.